The molecule has 0 saturated heterocycles. The van der Waals surface area contributed by atoms with Crippen molar-refractivity contribution in [2.45, 2.75) is 43.4 Å². The highest BCUT2D eigenvalue weighted by Crippen LogP contribution is 2.36. The molecule has 0 heterocycles. The Morgan fingerprint density at radius 2 is 1.70 bits per heavy atom. The number of nitrogens with zero attached hydrogens (tertiary/aromatic N) is 1. The number of halogens is 3. The summed E-state index contributed by atoms with van der Waals surface area (Å²) < 4.78 is 37.7. The van der Waals surface area contributed by atoms with Crippen LogP contribution in [0.3, 0.4) is 0 Å². The number of alkyl halides is 3. The molecule has 5 heteroatoms. The van der Waals surface area contributed by atoms with Crippen molar-refractivity contribution in [1.82, 2.24) is 4.90 Å². The van der Waals surface area contributed by atoms with E-state index in [0.717, 1.165) is 24.8 Å². The van der Waals surface area contributed by atoms with Crippen LogP contribution in [0.2, 0.25) is 0 Å². The van der Waals surface area contributed by atoms with E-state index in [-0.39, 0.29) is 12.1 Å². The van der Waals surface area contributed by atoms with Crippen LogP contribution in [-0.2, 0) is 6.18 Å². The molecule has 0 spiro atoms. The predicted molar refractivity (Wildman–Crippen MR) is 73.5 cm³/mol. The van der Waals surface area contributed by atoms with E-state index in [1.807, 2.05) is 14.1 Å². The molecular weight excluding hydrogens is 265 g/mol. The number of benzene rings is 1. The van der Waals surface area contributed by atoms with Crippen molar-refractivity contribution < 1.29 is 13.2 Å². The van der Waals surface area contributed by atoms with E-state index in [9.17, 15) is 13.2 Å². The monoisotopic (exact) mass is 286 g/mol. The summed E-state index contributed by atoms with van der Waals surface area (Å²) in [6.45, 7) is 0. The van der Waals surface area contributed by atoms with Crippen LogP contribution >= 0.6 is 0 Å². The molecule has 2 N–H and O–H groups in total. The van der Waals surface area contributed by atoms with Gasteiger partial charge in [-0.1, -0.05) is 12.1 Å². The molecule has 1 aliphatic rings. The van der Waals surface area contributed by atoms with Gasteiger partial charge in [0.15, 0.2) is 0 Å². The van der Waals surface area contributed by atoms with Crippen molar-refractivity contribution in [3.05, 3.63) is 35.4 Å². The lowest BCUT2D eigenvalue weighted by Crippen LogP contribution is -2.47. The lowest BCUT2D eigenvalue weighted by molar-refractivity contribution is -0.137. The van der Waals surface area contributed by atoms with Crippen molar-refractivity contribution >= 4 is 0 Å². The Balaban J connectivity index is 2.12. The van der Waals surface area contributed by atoms with Crippen LogP contribution in [0.4, 0.5) is 13.2 Å². The molecule has 20 heavy (non-hydrogen) atoms. The van der Waals surface area contributed by atoms with Gasteiger partial charge < -0.3 is 10.6 Å². The van der Waals surface area contributed by atoms with E-state index in [1.165, 1.54) is 12.1 Å². The van der Waals surface area contributed by atoms with Crippen LogP contribution in [0, 0.1) is 0 Å². The second kappa shape index (κ2) is 5.74. The van der Waals surface area contributed by atoms with Crippen molar-refractivity contribution in [3.63, 3.8) is 0 Å². The minimum Gasteiger partial charge on any atom is -0.326 e. The van der Waals surface area contributed by atoms with Crippen LogP contribution in [0.15, 0.2) is 24.3 Å². The van der Waals surface area contributed by atoms with Gasteiger partial charge >= 0.3 is 6.18 Å². The average Bonchev–Trinajstić information content (AvgIpc) is 2.38. The molecule has 0 aromatic heterocycles. The van der Waals surface area contributed by atoms with Gasteiger partial charge in [0, 0.05) is 12.1 Å². The quantitative estimate of drug-likeness (QED) is 0.904. The van der Waals surface area contributed by atoms with E-state index in [1.54, 1.807) is 12.1 Å². The van der Waals surface area contributed by atoms with Gasteiger partial charge in [-0.15, -0.1) is 0 Å². The highest BCUT2D eigenvalue weighted by atomic mass is 19.4. The van der Waals surface area contributed by atoms with Crippen LogP contribution < -0.4 is 5.73 Å². The molecule has 3 atom stereocenters. The second-order valence-electron chi connectivity index (χ2n) is 5.82. The van der Waals surface area contributed by atoms with Gasteiger partial charge in [0.05, 0.1) is 5.56 Å². The number of rotatable bonds is 2. The molecule has 1 aliphatic carbocycles. The van der Waals surface area contributed by atoms with Gasteiger partial charge in [0.25, 0.3) is 0 Å². The number of hydrogen-bond donors (Lipinski definition) is 1. The molecule has 0 amide bonds. The topological polar surface area (TPSA) is 29.3 Å². The van der Waals surface area contributed by atoms with E-state index in [2.05, 4.69) is 4.90 Å². The van der Waals surface area contributed by atoms with Crippen LogP contribution in [0.5, 0.6) is 0 Å². The molecule has 2 rings (SSSR count). The Morgan fingerprint density at radius 1 is 1.10 bits per heavy atom. The maximum atomic E-state index is 12.6. The molecule has 0 bridgehead atoms. The summed E-state index contributed by atoms with van der Waals surface area (Å²) in [5, 5.41) is 0. The molecule has 1 fully saturated rings. The van der Waals surface area contributed by atoms with Gasteiger partial charge in [0.2, 0.25) is 0 Å². The molecule has 112 valence electrons. The summed E-state index contributed by atoms with van der Waals surface area (Å²) in [4.78, 5) is 2.11. The number of nitrogens with two attached hydrogens (primary N) is 1. The molecule has 0 unspecified atom stereocenters. The molecule has 0 aliphatic heterocycles. The zero-order chi connectivity index (χ0) is 14.9. The van der Waals surface area contributed by atoms with Crippen molar-refractivity contribution in [3.8, 4) is 0 Å². The Bertz CT molecular complexity index is 439. The maximum absolute atomic E-state index is 12.6. The van der Waals surface area contributed by atoms with Gasteiger partial charge in [-0.2, -0.15) is 13.2 Å². The molecular formula is C15H21F3N2. The Hall–Kier alpha value is -1.07. The molecule has 1 aromatic carbocycles. The Kier molecular flexibility index (Phi) is 4.39. The molecule has 1 saturated carbocycles. The average molecular weight is 286 g/mol. The first-order chi connectivity index (χ1) is 9.29. The third-order valence-electron chi connectivity index (χ3n) is 4.24. The molecule has 0 radical (unpaired) electrons. The van der Waals surface area contributed by atoms with Crippen LogP contribution in [0.1, 0.15) is 36.3 Å². The lowest BCUT2D eigenvalue weighted by atomic mass is 9.78. The highest BCUT2D eigenvalue weighted by molar-refractivity contribution is 5.27. The normalized spacial score (nSPS) is 27.9. The standard InChI is InChI=1S/C15H21F3N2/c1-20(2)14-9-11(5-8-13(14)19)10-3-6-12(7-4-10)15(16,17)18/h3-4,6-7,11,13-14H,5,8-9,19H2,1-2H3/t11-,13-,14-/m0/s1. The zero-order valence-corrected chi connectivity index (χ0v) is 11.8. The number of likely N-dealkylation sites (N-methyl/N-ethyl adjacent to an activating group) is 1. The van der Waals surface area contributed by atoms with Crippen molar-refractivity contribution in [2.24, 2.45) is 5.73 Å². The minimum absolute atomic E-state index is 0.149. The van der Waals surface area contributed by atoms with E-state index >= 15 is 0 Å². The lowest BCUT2D eigenvalue weighted by Gasteiger charge is -2.38. The van der Waals surface area contributed by atoms with Crippen LogP contribution in [0.25, 0.3) is 0 Å². The third kappa shape index (κ3) is 3.33. The van der Waals surface area contributed by atoms with Crippen molar-refractivity contribution in [1.29, 1.82) is 0 Å². The fraction of sp³-hybridized carbons (Fsp3) is 0.600. The van der Waals surface area contributed by atoms with E-state index in [0.29, 0.717) is 5.92 Å². The van der Waals surface area contributed by atoms with Crippen molar-refractivity contribution in [2.75, 3.05) is 14.1 Å². The highest BCUT2D eigenvalue weighted by Gasteiger charge is 2.32. The SMILES string of the molecule is CN(C)[C@H]1C[C@@H](c2ccc(C(F)(F)F)cc2)CC[C@@H]1N. The third-order valence-corrected chi connectivity index (χ3v) is 4.24. The first kappa shape index (κ1) is 15.3. The van der Waals surface area contributed by atoms with Crippen LogP contribution in [-0.4, -0.2) is 31.1 Å². The summed E-state index contributed by atoms with van der Waals surface area (Å²) >= 11 is 0. The Morgan fingerprint density at radius 3 is 2.20 bits per heavy atom. The summed E-state index contributed by atoms with van der Waals surface area (Å²) in [5.41, 5.74) is 6.51. The zero-order valence-electron chi connectivity index (χ0n) is 11.8. The predicted octanol–water partition coefficient (Wildman–Crippen LogP) is 3.23. The summed E-state index contributed by atoms with van der Waals surface area (Å²) in [6.07, 6.45) is -1.51. The fourth-order valence-corrected chi connectivity index (χ4v) is 3.01. The molecule has 1 aromatic rings. The Labute approximate surface area is 117 Å². The van der Waals surface area contributed by atoms with Gasteiger partial charge in [-0.25, -0.2) is 0 Å². The van der Waals surface area contributed by atoms with Gasteiger partial charge in [-0.3, -0.25) is 0 Å². The maximum Gasteiger partial charge on any atom is 0.416 e. The van der Waals surface area contributed by atoms with E-state index in [4.69, 9.17) is 5.73 Å². The summed E-state index contributed by atoms with van der Waals surface area (Å²) in [6, 6.07) is 6.00. The second-order valence-corrected chi connectivity index (χ2v) is 5.82. The fourth-order valence-electron chi connectivity index (χ4n) is 3.01. The summed E-state index contributed by atoms with van der Waals surface area (Å²) in [5.74, 6) is 0.296. The van der Waals surface area contributed by atoms with Gasteiger partial charge in [-0.05, 0) is 57.0 Å². The largest absolute Gasteiger partial charge is 0.416 e. The van der Waals surface area contributed by atoms with Gasteiger partial charge in [0.1, 0.15) is 0 Å². The first-order valence-corrected chi connectivity index (χ1v) is 6.88. The van der Waals surface area contributed by atoms with E-state index < -0.39 is 11.7 Å². The number of hydrogen-bond acceptors (Lipinski definition) is 2. The summed E-state index contributed by atoms with van der Waals surface area (Å²) in [7, 11) is 4.00. The smallest absolute Gasteiger partial charge is 0.326 e. The first-order valence-electron chi connectivity index (χ1n) is 6.88. The molecule has 2 nitrogen and oxygen atoms in total. The minimum atomic E-state index is -4.26.